The van der Waals surface area contributed by atoms with Crippen LogP contribution in [0.15, 0.2) is 0 Å². The molecule has 0 saturated heterocycles. The minimum Gasteiger partial charge on any atom is -0.302 e. The van der Waals surface area contributed by atoms with Crippen molar-refractivity contribution in [3.8, 4) is 0 Å². The molecule has 1 aromatic rings. The van der Waals surface area contributed by atoms with E-state index < -0.39 is 0 Å². The molecule has 1 aromatic heterocycles. The van der Waals surface area contributed by atoms with Crippen LogP contribution in [0.1, 0.15) is 36.8 Å². The lowest BCUT2D eigenvalue weighted by atomic mass is 9.93. The monoisotopic (exact) mass is 236 g/mol. The van der Waals surface area contributed by atoms with Crippen molar-refractivity contribution in [2.45, 2.75) is 39.0 Å². The van der Waals surface area contributed by atoms with Gasteiger partial charge in [0.25, 0.3) is 0 Å². The molecule has 2 aliphatic rings. The minimum atomic E-state index is 0.166. The molecule has 86 valence electrons. The van der Waals surface area contributed by atoms with E-state index in [4.69, 9.17) is 0 Å². The van der Waals surface area contributed by atoms with Crippen LogP contribution in [0.2, 0.25) is 0 Å². The van der Waals surface area contributed by atoms with E-state index in [1.807, 2.05) is 0 Å². The zero-order valence-electron chi connectivity index (χ0n) is 9.45. The number of hydrogen-bond acceptors (Lipinski definition) is 3. The highest BCUT2D eigenvalue weighted by Crippen LogP contribution is 2.34. The molecule has 16 heavy (non-hydrogen) atoms. The number of nitrogens with one attached hydrogen (secondary N) is 1. The SMILES string of the molecule is C[C@@H]1CCc2nc(NC(=O)C3CC3)sc2C1. The number of anilines is 1. The van der Waals surface area contributed by atoms with E-state index in [1.54, 1.807) is 11.3 Å². The highest BCUT2D eigenvalue weighted by atomic mass is 32.1. The first-order valence-corrected chi connectivity index (χ1v) is 6.83. The Hall–Kier alpha value is -0.900. The molecule has 0 aromatic carbocycles. The summed E-state index contributed by atoms with van der Waals surface area (Å²) >= 11 is 1.67. The van der Waals surface area contributed by atoms with Crippen molar-refractivity contribution in [3.63, 3.8) is 0 Å². The van der Waals surface area contributed by atoms with Crippen LogP contribution in [0, 0.1) is 11.8 Å². The Balaban J connectivity index is 1.73. The van der Waals surface area contributed by atoms with Gasteiger partial charge in [-0.05, 0) is 38.0 Å². The number of hydrogen-bond donors (Lipinski definition) is 1. The zero-order chi connectivity index (χ0) is 11.1. The summed E-state index contributed by atoms with van der Waals surface area (Å²) in [5.74, 6) is 1.19. The fraction of sp³-hybridized carbons (Fsp3) is 0.667. The maximum atomic E-state index is 11.6. The van der Waals surface area contributed by atoms with Crippen molar-refractivity contribution < 1.29 is 4.79 Å². The predicted octanol–water partition coefficient (Wildman–Crippen LogP) is 2.62. The van der Waals surface area contributed by atoms with Crippen LogP contribution in [-0.4, -0.2) is 10.9 Å². The topological polar surface area (TPSA) is 42.0 Å². The lowest BCUT2D eigenvalue weighted by molar-refractivity contribution is -0.117. The van der Waals surface area contributed by atoms with Crippen LogP contribution in [0.3, 0.4) is 0 Å². The van der Waals surface area contributed by atoms with E-state index in [1.165, 1.54) is 17.0 Å². The summed E-state index contributed by atoms with van der Waals surface area (Å²) in [4.78, 5) is 17.5. The van der Waals surface area contributed by atoms with Gasteiger partial charge in [-0.2, -0.15) is 0 Å². The number of thiazole rings is 1. The summed E-state index contributed by atoms with van der Waals surface area (Å²) in [5, 5.41) is 3.76. The van der Waals surface area contributed by atoms with Crippen molar-refractivity contribution in [2.75, 3.05) is 5.32 Å². The third-order valence-corrected chi connectivity index (χ3v) is 4.40. The molecule has 0 bridgehead atoms. The Morgan fingerprint density at radius 2 is 2.25 bits per heavy atom. The van der Waals surface area contributed by atoms with Gasteiger partial charge < -0.3 is 5.32 Å². The van der Waals surface area contributed by atoms with E-state index >= 15 is 0 Å². The smallest absolute Gasteiger partial charge is 0.229 e. The molecule has 0 unspecified atom stereocenters. The van der Waals surface area contributed by atoms with Gasteiger partial charge in [0.2, 0.25) is 5.91 Å². The summed E-state index contributed by atoms with van der Waals surface area (Å²) in [6.07, 6.45) is 5.53. The van der Waals surface area contributed by atoms with E-state index in [9.17, 15) is 4.79 Å². The summed E-state index contributed by atoms with van der Waals surface area (Å²) < 4.78 is 0. The summed E-state index contributed by atoms with van der Waals surface area (Å²) in [6, 6.07) is 0. The molecule has 0 spiro atoms. The second kappa shape index (κ2) is 3.84. The molecule has 2 aliphatic carbocycles. The third-order valence-electron chi connectivity index (χ3n) is 3.36. The molecule has 3 nitrogen and oxygen atoms in total. The first-order valence-electron chi connectivity index (χ1n) is 6.02. The maximum absolute atomic E-state index is 11.6. The van der Waals surface area contributed by atoms with E-state index in [2.05, 4.69) is 17.2 Å². The van der Waals surface area contributed by atoms with Gasteiger partial charge in [0, 0.05) is 10.8 Å². The van der Waals surface area contributed by atoms with Crippen LogP contribution < -0.4 is 5.32 Å². The van der Waals surface area contributed by atoms with Crippen LogP contribution in [0.5, 0.6) is 0 Å². The van der Waals surface area contributed by atoms with E-state index in [0.29, 0.717) is 0 Å². The Labute approximate surface area is 99.3 Å². The number of aryl methyl sites for hydroxylation is 1. The molecule has 1 N–H and O–H groups in total. The standard InChI is InChI=1S/C12H16N2OS/c1-7-2-5-9-10(6-7)16-12(13-9)14-11(15)8-3-4-8/h7-8H,2-6H2,1H3,(H,13,14,15)/t7-/m1/s1. The molecular formula is C12H16N2OS. The van der Waals surface area contributed by atoms with Gasteiger partial charge in [-0.25, -0.2) is 4.98 Å². The van der Waals surface area contributed by atoms with Gasteiger partial charge in [-0.1, -0.05) is 6.92 Å². The first kappa shape index (κ1) is 10.3. The van der Waals surface area contributed by atoms with Crippen LogP contribution >= 0.6 is 11.3 Å². The lowest BCUT2D eigenvalue weighted by Gasteiger charge is -2.15. The molecule has 1 fully saturated rings. The normalized spacial score (nSPS) is 23.9. The first-order chi connectivity index (χ1) is 7.72. The predicted molar refractivity (Wildman–Crippen MR) is 64.7 cm³/mol. The van der Waals surface area contributed by atoms with Crippen LogP contribution in [-0.2, 0) is 17.6 Å². The van der Waals surface area contributed by atoms with Crippen molar-refractivity contribution in [1.29, 1.82) is 0 Å². The maximum Gasteiger partial charge on any atom is 0.229 e. The molecule has 4 heteroatoms. The molecule has 0 radical (unpaired) electrons. The Morgan fingerprint density at radius 3 is 3.00 bits per heavy atom. The van der Waals surface area contributed by atoms with Gasteiger partial charge in [0.15, 0.2) is 5.13 Å². The average Bonchev–Trinajstić information content (AvgIpc) is 3.00. The van der Waals surface area contributed by atoms with Crippen molar-refractivity contribution in [2.24, 2.45) is 11.8 Å². The van der Waals surface area contributed by atoms with Crippen LogP contribution in [0.4, 0.5) is 5.13 Å². The number of aromatic nitrogens is 1. The largest absolute Gasteiger partial charge is 0.302 e. The number of nitrogens with zero attached hydrogens (tertiary/aromatic N) is 1. The second-order valence-corrected chi connectivity index (χ2v) is 6.08. The van der Waals surface area contributed by atoms with Crippen molar-refractivity contribution in [3.05, 3.63) is 10.6 Å². The summed E-state index contributed by atoms with van der Waals surface area (Å²) in [5.41, 5.74) is 1.22. The quantitative estimate of drug-likeness (QED) is 0.857. The Bertz CT molecular complexity index is 423. The van der Waals surface area contributed by atoms with Gasteiger partial charge in [0.1, 0.15) is 0 Å². The number of carbonyl (C=O) groups is 1. The molecular weight excluding hydrogens is 220 g/mol. The van der Waals surface area contributed by atoms with Gasteiger partial charge in [-0.15, -0.1) is 11.3 Å². The van der Waals surface area contributed by atoms with Gasteiger partial charge in [-0.3, -0.25) is 4.79 Å². The fourth-order valence-corrected chi connectivity index (χ4v) is 3.32. The third kappa shape index (κ3) is 1.98. The van der Waals surface area contributed by atoms with Gasteiger partial charge >= 0.3 is 0 Å². The Morgan fingerprint density at radius 1 is 1.44 bits per heavy atom. The molecule has 1 atom stereocenters. The molecule has 3 rings (SSSR count). The molecule has 0 aliphatic heterocycles. The highest BCUT2D eigenvalue weighted by molar-refractivity contribution is 7.15. The van der Waals surface area contributed by atoms with Crippen LogP contribution in [0.25, 0.3) is 0 Å². The molecule has 1 saturated carbocycles. The van der Waals surface area contributed by atoms with E-state index in [-0.39, 0.29) is 11.8 Å². The zero-order valence-corrected chi connectivity index (χ0v) is 10.3. The average molecular weight is 236 g/mol. The van der Waals surface area contributed by atoms with Gasteiger partial charge in [0.05, 0.1) is 5.69 Å². The summed E-state index contributed by atoms with van der Waals surface area (Å²) in [7, 11) is 0. The summed E-state index contributed by atoms with van der Waals surface area (Å²) in [6.45, 7) is 2.28. The number of carbonyl (C=O) groups excluding carboxylic acids is 1. The van der Waals surface area contributed by atoms with Crippen molar-refractivity contribution in [1.82, 2.24) is 4.98 Å². The number of fused-ring (bicyclic) bond motifs is 1. The minimum absolute atomic E-state index is 0.166. The molecule has 1 heterocycles. The second-order valence-electron chi connectivity index (χ2n) is 5.00. The number of amides is 1. The van der Waals surface area contributed by atoms with Crippen molar-refractivity contribution >= 4 is 22.4 Å². The molecule has 1 amide bonds. The lowest BCUT2D eigenvalue weighted by Crippen LogP contribution is -2.13. The van der Waals surface area contributed by atoms with E-state index in [0.717, 1.165) is 36.7 Å². The highest BCUT2D eigenvalue weighted by Gasteiger charge is 2.30. The Kier molecular flexibility index (Phi) is 2.46. The fourth-order valence-electron chi connectivity index (χ4n) is 2.15. The number of rotatable bonds is 2.